The summed E-state index contributed by atoms with van der Waals surface area (Å²) in [5, 5.41) is 8.33. The van der Waals surface area contributed by atoms with Gasteiger partial charge in [-0.3, -0.25) is 4.89 Å². The molecule has 0 saturated carbocycles. The molecule has 0 amide bonds. The quantitative estimate of drug-likeness (QED) is 0.424. The molecule has 0 aliphatic carbocycles. The first-order valence-corrected chi connectivity index (χ1v) is 3.84. The van der Waals surface area contributed by atoms with E-state index in [1.54, 1.807) is 30.3 Å². The van der Waals surface area contributed by atoms with E-state index >= 15 is 0 Å². The number of rotatable bonds is 4. The van der Waals surface area contributed by atoms with E-state index in [0.29, 0.717) is 5.56 Å². The fourth-order valence-corrected chi connectivity index (χ4v) is 0.755. The average Bonchev–Trinajstić information content (AvgIpc) is 2.19. The van der Waals surface area contributed by atoms with E-state index in [-0.39, 0.29) is 13.2 Å². The van der Waals surface area contributed by atoms with E-state index in [1.807, 2.05) is 0 Å². The van der Waals surface area contributed by atoms with Crippen molar-refractivity contribution in [2.75, 3.05) is 13.2 Å². The molecule has 13 heavy (non-hydrogen) atoms. The summed E-state index contributed by atoms with van der Waals surface area (Å²) >= 11 is 0. The minimum atomic E-state index is -0.561. The maximum Gasteiger partial charge on any atom is 0.373 e. The normalized spacial score (nSPS) is 9.62. The number of aliphatic hydroxyl groups excluding tert-OH is 1. The predicted octanol–water partition coefficient (Wildman–Crippen LogP) is 0.767. The molecule has 4 heteroatoms. The SMILES string of the molecule is O=C(OOCCO)c1ccccc1. The van der Waals surface area contributed by atoms with E-state index < -0.39 is 5.97 Å². The van der Waals surface area contributed by atoms with E-state index in [1.165, 1.54) is 0 Å². The first kappa shape index (κ1) is 9.70. The Morgan fingerprint density at radius 2 is 2.00 bits per heavy atom. The third kappa shape index (κ3) is 3.23. The first-order chi connectivity index (χ1) is 6.34. The Morgan fingerprint density at radius 1 is 1.31 bits per heavy atom. The monoisotopic (exact) mass is 182 g/mol. The molecule has 0 atom stereocenters. The van der Waals surface area contributed by atoms with Crippen molar-refractivity contribution >= 4 is 5.97 Å². The van der Waals surface area contributed by atoms with Crippen LogP contribution in [0.4, 0.5) is 0 Å². The van der Waals surface area contributed by atoms with E-state index in [2.05, 4.69) is 9.78 Å². The van der Waals surface area contributed by atoms with Crippen LogP contribution in [0.25, 0.3) is 0 Å². The predicted molar refractivity (Wildman–Crippen MR) is 44.9 cm³/mol. The standard InChI is InChI=1S/C9H10O4/c10-6-7-12-13-9(11)8-4-2-1-3-5-8/h1-5,10H,6-7H2. The van der Waals surface area contributed by atoms with Gasteiger partial charge in [-0.2, -0.15) is 4.89 Å². The molecule has 0 radical (unpaired) electrons. The molecule has 0 heterocycles. The molecule has 70 valence electrons. The van der Waals surface area contributed by atoms with Crippen LogP contribution in [0.15, 0.2) is 30.3 Å². The number of hydrogen-bond donors (Lipinski definition) is 1. The molecule has 1 aromatic carbocycles. The Morgan fingerprint density at radius 3 is 2.62 bits per heavy atom. The van der Waals surface area contributed by atoms with Crippen LogP contribution in [0.5, 0.6) is 0 Å². The van der Waals surface area contributed by atoms with Gasteiger partial charge in [-0.05, 0) is 12.1 Å². The van der Waals surface area contributed by atoms with Gasteiger partial charge >= 0.3 is 5.97 Å². The second-order valence-electron chi connectivity index (χ2n) is 2.28. The van der Waals surface area contributed by atoms with Gasteiger partial charge in [0.2, 0.25) is 0 Å². The maximum atomic E-state index is 11.1. The molecule has 0 spiro atoms. The molecule has 0 unspecified atom stereocenters. The Hall–Kier alpha value is -1.39. The molecule has 0 aromatic heterocycles. The smallest absolute Gasteiger partial charge is 0.373 e. The van der Waals surface area contributed by atoms with E-state index in [0.717, 1.165) is 0 Å². The van der Waals surface area contributed by atoms with Crippen LogP contribution in [-0.2, 0) is 9.78 Å². The zero-order valence-electron chi connectivity index (χ0n) is 6.97. The van der Waals surface area contributed by atoms with Crippen molar-refractivity contribution in [3.8, 4) is 0 Å². The summed E-state index contributed by atoms with van der Waals surface area (Å²) in [6.07, 6.45) is 0. The highest BCUT2D eigenvalue weighted by atomic mass is 17.2. The van der Waals surface area contributed by atoms with Gasteiger partial charge in [0.15, 0.2) is 0 Å². The molecule has 1 rings (SSSR count). The Bertz CT molecular complexity index is 258. The summed E-state index contributed by atoms with van der Waals surface area (Å²) < 4.78 is 0. The second-order valence-corrected chi connectivity index (χ2v) is 2.28. The van der Waals surface area contributed by atoms with Crippen molar-refractivity contribution in [1.29, 1.82) is 0 Å². The van der Waals surface area contributed by atoms with Crippen molar-refractivity contribution in [2.24, 2.45) is 0 Å². The molecule has 0 aliphatic rings. The molecule has 4 nitrogen and oxygen atoms in total. The maximum absolute atomic E-state index is 11.1. The highest BCUT2D eigenvalue weighted by molar-refractivity contribution is 5.88. The van der Waals surface area contributed by atoms with Gasteiger partial charge in [0.1, 0.15) is 6.61 Å². The third-order valence-electron chi connectivity index (χ3n) is 1.32. The lowest BCUT2D eigenvalue weighted by molar-refractivity contribution is -0.245. The molecule has 0 bridgehead atoms. The lowest BCUT2D eigenvalue weighted by Gasteiger charge is -2.00. The van der Waals surface area contributed by atoms with Crippen molar-refractivity contribution in [3.63, 3.8) is 0 Å². The third-order valence-corrected chi connectivity index (χ3v) is 1.32. The van der Waals surface area contributed by atoms with Crippen molar-refractivity contribution in [2.45, 2.75) is 0 Å². The van der Waals surface area contributed by atoms with Crippen LogP contribution < -0.4 is 0 Å². The van der Waals surface area contributed by atoms with Gasteiger partial charge in [-0.25, -0.2) is 4.79 Å². The van der Waals surface area contributed by atoms with Gasteiger partial charge in [0, 0.05) is 0 Å². The van der Waals surface area contributed by atoms with Gasteiger partial charge in [0.05, 0.1) is 12.2 Å². The van der Waals surface area contributed by atoms with Crippen LogP contribution in [0.3, 0.4) is 0 Å². The molecule has 1 aromatic rings. The first-order valence-electron chi connectivity index (χ1n) is 3.84. The molecule has 0 aliphatic heterocycles. The molecule has 0 saturated heterocycles. The highest BCUT2D eigenvalue weighted by Gasteiger charge is 2.05. The van der Waals surface area contributed by atoms with E-state index in [9.17, 15) is 4.79 Å². The van der Waals surface area contributed by atoms with Crippen molar-refractivity contribution < 1.29 is 19.7 Å². The average molecular weight is 182 g/mol. The Labute approximate surface area is 75.6 Å². The summed E-state index contributed by atoms with van der Waals surface area (Å²) in [6, 6.07) is 8.48. The zero-order chi connectivity index (χ0) is 9.52. The second kappa shape index (κ2) is 5.29. The topological polar surface area (TPSA) is 55.8 Å². The zero-order valence-corrected chi connectivity index (χ0v) is 6.97. The van der Waals surface area contributed by atoms with Gasteiger partial charge in [-0.1, -0.05) is 18.2 Å². The largest absolute Gasteiger partial charge is 0.394 e. The molecule has 0 fully saturated rings. The lowest BCUT2D eigenvalue weighted by atomic mass is 10.2. The van der Waals surface area contributed by atoms with Gasteiger partial charge < -0.3 is 5.11 Å². The summed E-state index contributed by atoms with van der Waals surface area (Å²) in [5.41, 5.74) is 0.417. The number of carbonyl (C=O) groups excluding carboxylic acids is 1. The van der Waals surface area contributed by atoms with Crippen molar-refractivity contribution in [1.82, 2.24) is 0 Å². The number of hydrogen-bond acceptors (Lipinski definition) is 4. The van der Waals surface area contributed by atoms with Crippen LogP contribution in [0.1, 0.15) is 10.4 Å². The summed E-state index contributed by atoms with van der Waals surface area (Å²) in [5.74, 6) is -0.561. The molecular weight excluding hydrogens is 172 g/mol. The van der Waals surface area contributed by atoms with Crippen molar-refractivity contribution in [3.05, 3.63) is 35.9 Å². The highest BCUT2D eigenvalue weighted by Crippen LogP contribution is 2.00. The molecular formula is C9H10O4. The summed E-state index contributed by atoms with van der Waals surface area (Å²) in [4.78, 5) is 19.9. The lowest BCUT2D eigenvalue weighted by Crippen LogP contribution is -2.08. The fourth-order valence-electron chi connectivity index (χ4n) is 0.755. The minimum Gasteiger partial charge on any atom is -0.394 e. The number of carbonyl (C=O) groups is 1. The fraction of sp³-hybridized carbons (Fsp3) is 0.222. The van der Waals surface area contributed by atoms with E-state index in [4.69, 9.17) is 5.11 Å². The Kier molecular flexibility index (Phi) is 3.95. The van der Waals surface area contributed by atoms with Crippen LogP contribution >= 0.6 is 0 Å². The van der Waals surface area contributed by atoms with Crippen LogP contribution in [0.2, 0.25) is 0 Å². The van der Waals surface area contributed by atoms with Gasteiger partial charge in [0.25, 0.3) is 0 Å². The summed E-state index contributed by atoms with van der Waals surface area (Å²) in [7, 11) is 0. The van der Waals surface area contributed by atoms with Crippen LogP contribution in [0, 0.1) is 0 Å². The number of benzene rings is 1. The van der Waals surface area contributed by atoms with Crippen LogP contribution in [-0.4, -0.2) is 24.3 Å². The molecule has 1 N–H and O–H groups in total. The minimum absolute atomic E-state index is 0.0153. The Balaban J connectivity index is 2.40. The summed E-state index contributed by atoms with van der Waals surface area (Å²) in [6.45, 7) is -0.194. The van der Waals surface area contributed by atoms with Gasteiger partial charge in [-0.15, -0.1) is 0 Å². The number of aliphatic hydroxyl groups is 1.